The number of hydrogen-bond acceptors (Lipinski definition) is 2. The first kappa shape index (κ1) is 16.9. The molecule has 0 aliphatic carbocycles. The van der Waals surface area contributed by atoms with Crippen molar-refractivity contribution >= 4 is 33.2 Å². The zero-order chi connectivity index (χ0) is 16.9. The number of nitrogens with one attached hydrogen (secondary N) is 1. The number of hydrogen-bond donors (Lipinski definition) is 1. The molecule has 2 aromatic carbocycles. The molecule has 1 atom stereocenters. The molecule has 24 heavy (non-hydrogen) atoms. The highest BCUT2D eigenvalue weighted by molar-refractivity contribution is 9.10. The van der Waals surface area contributed by atoms with Crippen LogP contribution < -0.4 is 5.32 Å². The molecule has 1 heterocycles. The summed E-state index contributed by atoms with van der Waals surface area (Å²) in [7, 11) is 0. The van der Waals surface area contributed by atoms with Crippen molar-refractivity contribution in [3.8, 4) is 0 Å². The Morgan fingerprint density at radius 1 is 1.08 bits per heavy atom. The molecule has 0 saturated carbocycles. The minimum absolute atomic E-state index is 0.0694. The van der Waals surface area contributed by atoms with Crippen molar-refractivity contribution in [1.82, 2.24) is 5.32 Å². The van der Waals surface area contributed by atoms with Crippen molar-refractivity contribution in [3.63, 3.8) is 0 Å². The Labute approximate surface area is 152 Å². The van der Waals surface area contributed by atoms with Crippen LogP contribution in [0.5, 0.6) is 0 Å². The first-order chi connectivity index (χ1) is 11.6. The Kier molecular flexibility index (Phi) is 5.43. The Morgan fingerprint density at radius 2 is 1.79 bits per heavy atom. The zero-order valence-electron chi connectivity index (χ0n) is 12.7. The molecule has 2 nitrogen and oxygen atoms in total. The second-order valence-corrected chi connectivity index (χ2v) is 7.27. The number of carbonyl (C=O) groups is 1. The summed E-state index contributed by atoms with van der Waals surface area (Å²) >= 11 is 4.95. The zero-order valence-corrected chi connectivity index (χ0v) is 15.1. The van der Waals surface area contributed by atoms with Gasteiger partial charge in [0.05, 0.1) is 12.5 Å². The van der Waals surface area contributed by atoms with Crippen LogP contribution in [0.4, 0.5) is 4.39 Å². The van der Waals surface area contributed by atoms with Gasteiger partial charge in [-0.1, -0.05) is 46.3 Å². The Balaban J connectivity index is 1.77. The molecule has 0 aliphatic heterocycles. The van der Waals surface area contributed by atoms with Crippen LogP contribution in [0.15, 0.2) is 70.5 Å². The van der Waals surface area contributed by atoms with Crippen LogP contribution in [-0.2, 0) is 11.2 Å². The molecular formula is C19H15BrFNOS. The number of carbonyl (C=O) groups excluding carboxylic acids is 1. The number of amides is 1. The minimum atomic E-state index is -0.287. The lowest BCUT2D eigenvalue weighted by Crippen LogP contribution is -2.30. The normalized spacial score (nSPS) is 11.9. The quantitative estimate of drug-likeness (QED) is 0.630. The van der Waals surface area contributed by atoms with E-state index in [1.807, 2.05) is 41.8 Å². The molecule has 0 fully saturated rings. The van der Waals surface area contributed by atoms with Gasteiger partial charge in [0.1, 0.15) is 5.82 Å². The monoisotopic (exact) mass is 403 g/mol. The van der Waals surface area contributed by atoms with E-state index in [9.17, 15) is 9.18 Å². The summed E-state index contributed by atoms with van der Waals surface area (Å²) in [5.41, 5.74) is 1.81. The van der Waals surface area contributed by atoms with E-state index in [-0.39, 0.29) is 17.8 Å². The number of benzene rings is 2. The standard InChI is InChI=1S/C19H15BrFNOS/c20-15-7-3-13(4-8-15)12-18(23)22-19(17-2-1-11-24-17)14-5-9-16(21)10-6-14/h1-11,19H,12H2,(H,22,23)/t19-/m0/s1. The predicted molar refractivity (Wildman–Crippen MR) is 98.6 cm³/mol. The van der Waals surface area contributed by atoms with Crippen LogP contribution >= 0.6 is 27.3 Å². The molecule has 0 unspecified atom stereocenters. The van der Waals surface area contributed by atoms with Gasteiger partial charge < -0.3 is 5.32 Å². The third-order valence-electron chi connectivity index (χ3n) is 3.61. The van der Waals surface area contributed by atoms with Gasteiger partial charge in [0.2, 0.25) is 5.91 Å². The van der Waals surface area contributed by atoms with Crippen molar-refractivity contribution in [2.45, 2.75) is 12.5 Å². The third kappa shape index (κ3) is 4.30. The maximum Gasteiger partial charge on any atom is 0.225 e. The smallest absolute Gasteiger partial charge is 0.225 e. The highest BCUT2D eigenvalue weighted by atomic mass is 79.9. The predicted octanol–water partition coefficient (Wildman–Crippen LogP) is 5.10. The lowest BCUT2D eigenvalue weighted by atomic mass is 10.0. The van der Waals surface area contributed by atoms with E-state index in [0.717, 1.165) is 20.5 Å². The van der Waals surface area contributed by atoms with E-state index in [1.165, 1.54) is 12.1 Å². The summed E-state index contributed by atoms with van der Waals surface area (Å²) in [6, 6.07) is 17.6. The average molecular weight is 404 g/mol. The second-order valence-electron chi connectivity index (χ2n) is 5.37. The Hall–Kier alpha value is -1.98. The van der Waals surface area contributed by atoms with Crippen LogP contribution in [0, 0.1) is 5.82 Å². The van der Waals surface area contributed by atoms with E-state index in [2.05, 4.69) is 21.2 Å². The van der Waals surface area contributed by atoms with Gasteiger partial charge in [-0.2, -0.15) is 0 Å². The van der Waals surface area contributed by atoms with Crippen molar-refractivity contribution < 1.29 is 9.18 Å². The van der Waals surface area contributed by atoms with E-state index < -0.39 is 0 Å². The molecule has 1 N–H and O–H groups in total. The molecule has 1 amide bonds. The van der Waals surface area contributed by atoms with Gasteiger partial charge in [0.25, 0.3) is 0 Å². The highest BCUT2D eigenvalue weighted by Crippen LogP contribution is 2.26. The summed E-state index contributed by atoms with van der Waals surface area (Å²) < 4.78 is 14.2. The number of thiophene rings is 1. The Bertz CT molecular complexity index is 800. The summed E-state index contributed by atoms with van der Waals surface area (Å²) in [6.45, 7) is 0. The van der Waals surface area contributed by atoms with Crippen LogP contribution in [0.2, 0.25) is 0 Å². The van der Waals surface area contributed by atoms with E-state index >= 15 is 0 Å². The molecule has 0 spiro atoms. The summed E-state index contributed by atoms with van der Waals surface area (Å²) in [6.07, 6.45) is 0.302. The molecule has 3 rings (SSSR count). The average Bonchev–Trinajstić information content (AvgIpc) is 3.10. The maximum atomic E-state index is 13.2. The SMILES string of the molecule is O=C(Cc1ccc(Br)cc1)N[C@@H](c1ccc(F)cc1)c1cccs1. The van der Waals surface area contributed by atoms with Crippen molar-refractivity contribution in [2.24, 2.45) is 0 Å². The van der Waals surface area contributed by atoms with Gasteiger partial charge in [-0.05, 0) is 46.8 Å². The van der Waals surface area contributed by atoms with E-state index in [4.69, 9.17) is 0 Å². The Morgan fingerprint density at radius 3 is 2.42 bits per heavy atom. The van der Waals surface area contributed by atoms with Gasteiger partial charge in [-0.3, -0.25) is 4.79 Å². The van der Waals surface area contributed by atoms with Crippen LogP contribution in [0.3, 0.4) is 0 Å². The molecule has 3 aromatic rings. The summed E-state index contributed by atoms with van der Waals surface area (Å²) in [5, 5.41) is 5.02. The summed E-state index contributed by atoms with van der Waals surface area (Å²) in [5.74, 6) is -0.357. The lowest BCUT2D eigenvalue weighted by Gasteiger charge is -2.18. The van der Waals surface area contributed by atoms with E-state index in [0.29, 0.717) is 6.42 Å². The largest absolute Gasteiger partial charge is 0.344 e. The topological polar surface area (TPSA) is 29.1 Å². The molecular weight excluding hydrogens is 389 g/mol. The van der Waals surface area contributed by atoms with Gasteiger partial charge in [-0.25, -0.2) is 4.39 Å². The molecule has 5 heteroatoms. The first-order valence-electron chi connectivity index (χ1n) is 7.44. The fourth-order valence-corrected chi connectivity index (χ4v) is 3.50. The van der Waals surface area contributed by atoms with Crippen molar-refractivity contribution in [3.05, 3.63) is 92.3 Å². The third-order valence-corrected chi connectivity index (χ3v) is 5.08. The highest BCUT2D eigenvalue weighted by Gasteiger charge is 2.18. The minimum Gasteiger partial charge on any atom is -0.344 e. The summed E-state index contributed by atoms with van der Waals surface area (Å²) in [4.78, 5) is 13.5. The molecule has 1 aromatic heterocycles. The number of halogens is 2. The fourth-order valence-electron chi connectivity index (χ4n) is 2.43. The first-order valence-corrected chi connectivity index (χ1v) is 9.12. The second kappa shape index (κ2) is 7.73. The van der Waals surface area contributed by atoms with Crippen molar-refractivity contribution in [2.75, 3.05) is 0 Å². The van der Waals surface area contributed by atoms with Crippen LogP contribution in [0.25, 0.3) is 0 Å². The molecule has 0 saturated heterocycles. The van der Waals surface area contributed by atoms with Crippen LogP contribution in [0.1, 0.15) is 22.0 Å². The lowest BCUT2D eigenvalue weighted by molar-refractivity contribution is -0.120. The molecule has 0 aliphatic rings. The number of rotatable bonds is 5. The molecule has 122 valence electrons. The van der Waals surface area contributed by atoms with E-state index in [1.54, 1.807) is 23.5 Å². The van der Waals surface area contributed by atoms with Gasteiger partial charge in [0, 0.05) is 9.35 Å². The molecule has 0 bridgehead atoms. The maximum absolute atomic E-state index is 13.2. The van der Waals surface area contributed by atoms with Crippen molar-refractivity contribution in [1.29, 1.82) is 0 Å². The van der Waals surface area contributed by atoms with Gasteiger partial charge >= 0.3 is 0 Å². The van der Waals surface area contributed by atoms with Crippen LogP contribution in [-0.4, -0.2) is 5.91 Å². The van der Waals surface area contributed by atoms with Gasteiger partial charge in [0.15, 0.2) is 0 Å². The fraction of sp³-hybridized carbons (Fsp3) is 0.105. The van der Waals surface area contributed by atoms with Gasteiger partial charge in [-0.15, -0.1) is 11.3 Å². The molecule has 0 radical (unpaired) electrons.